The van der Waals surface area contributed by atoms with Crippen molar-refractivity contribution >= 4 is 17.5 Å². The highest BCUT2D eigenvalue weighted by atomic mass is 19.2. The van der Waals surface area contributed by atoms with E-state index in [0.29, 0.717) is 11.6 Å². The zero-order chi connectivity index (χ0) is 19.4. The number of rotatable bonds is 6. The molecule has 0 spiro atoms. The van der Waals surface area contributed by atoms with Crippen LogP contribution in [0.5, 0.6) is 0 Å². The van der Waals surface area contributed by atoms with Crippen LogP contribution in [0.2, 0.25) is 0 Å². The lowest BCUT2D eigenvalue weighted by Gasteiger charge is -2.15. The highest BCUT2D eigenvalue weighted by molar-refractivity contribution is 5.67. The molecule has 0 saturated carbocycles. The molecule has 2 heterocycles. The van der Waals surface area contributed by atoms with Crippen molar-refractivity contribution in [1.82, 2.24) is 15.0 Å². The van der Waals surface area contributed by atoms with Gasteiger partial charge in [0.05, 0.1) is 11.4 Å². The second-order valence-corrected chi connectivity index (χ2v) is 6.00. The number of hydrogen-bond acceptors (Lipinski definition) is 5. The van der Waals surface area contributed by atoms with Gasteiger partial charge in [-0.2, -0.15) is 4.98 Å². The third-order valence-corrected chi connectivity index (χ3v) is 3.99. The summed E-state index contributed by atoms with van der Waals surface area (Å²) >= 11 is 0. The summed E-state index contributed by atoms with van der Waals surface area (Å²) in [5.41, 5.74) is 1.14. The lowest BCUT2D eigenvalue weighted by Crippen LogP contribution is -2.16. The van der Waals surface area contributed by atoms with E-state index in [1.54, 1.807) is 30.6 Å². The summed E-state index contributed by atoms with van der Waals surface area (Å²) in [7, 11) is 0. The fourth-order valence-corrected chi connectivity index (χ4v) is 2.33. The van der Waals surface area contributed by atoms with Crippen molar-refractivity contribution in [2.45, 2.75) is 26.3 Å². The van der Waals surface area contributed by atoms with Crippen LogP contribution in [0.15, 0.2) is 42.7 Å². The lowest BCUT2D eigenvalue weighted by molar-refractivity contribution is 0.449. The van der Waals surface area contributed by atoms with Crippen molar-refractivity contribution in [3.05, 3.63) is 60.2 Å². The lowest BCUT2D eigenvalue weighted by atomic mass is 10.2. The maximum absolute atomic E-state index is 14.0. The van der Waals surface area contributed by atoms with E-state index in [2.05, 4.69) is 25.6 Å². The van der Waals surface area contributed by atoms with Gasteiger partial charge in [-0.15, -0.1) is 0 Å². The van der Waals surface area contributed by atoms with Crippen molar-refractivity contribution in [2.24, 2.45) is 0 Å². The molecular formula is C19H18F3N5. The quantitative estimate of drug-likeness (QED) is 0.601. The van der Waals surface area contributed by atoms with Gasteiger partial charge in [0.1, 0.15) is 5.82 Å². The Bertz CT molecular complexity index is 934. The summed E-state index contributed by atoms with van der Waals surface area (Å²) < 4.78 is 40.6. The van der Waals surface area contributed by atoms with Crippen molar-refractivity contribution in [3.8, 4) is 11.3 Å². The number of hydrogen-bond donors (Lipinski definition) is 2. The van der Waals surface area contributed by atoms with E-state index in [-0.39, 0.29) is 17.5 Å². The molecule has 0 aliphatic rings. The summed E-state index contributed by atoms with van der Waals surface area (Å²) in [5, 5.41) is 5.85. The molecule has 0 amide bonds. The number of anilines is 3. The SMILES string of the molecule is CC[C@H](C)Nc1nc(Nc2ccc(F)c(F)c2F)cc(-c2ccncc2)n1. The van der Waals surface area contributed by atoms with Gasteiger partial charge in [0, 0.05) is 30.1 Å². The average molecular weight is 373 g/mol. The van der Waals surface area contributed by atoms with Crippen LogP contribution in [0.25, 0.3) is 11.3 Å². The molecule has 8 heteroatoms. The first-order valence-corrected chi connectivity index (χ1v) is 8.44. The minimum atomic E-state index is -1.54. The molecule has 0 unspecified atom stereocenters. The fraction of sp³-hybridized carbons (Fsp3) is 0.211. The third-order valence-electron chi connectivity index (χ3n) is 3.99. The van der Waals surface area contributed by atoms with E-state index >= 15 is 0 Å². The van der Waals surface area contributed by atoms with Crippen LogP contribution in [-0.4, -0.2) is 21.0 Å². The van der Waals surface area contributed by atoms with Gasteiger partial charge in [0.2, 0.25) is 5.95 Å². The molecule has 0 fully saturated rings. The van der Waals surface area contributed by atoms with Gasteiger partial charge in [0.25, 0.3) is 0 Å². The minimum absolute atomic E-state index is 0.116. The topological polar surface area (TPSA) is 62.7 Å². The average Bonchev–Trinajstić information content (AvgIpc) is 2.69. The van der Waals surface area contributed by atoms with Crippen LogP contribution in [0.3, 0.4) is 0 Å². The normalized spacial score (nSPS) is 11.9. The number of aromatic nitrogens is 3. The van der Waals surface area contributed by atoms with E-state index in [0.717, 1.165) is 24.1 Å². The predicted octanol–water partition coefficient (Wildman–Crippen LogP) is 4.91. The molecule has 0 aliphatic heterocycles. The highest BCUT2D eigenvalue weighted by Crippen LogP contribution is 2.26. The third kappa shape index (κ3) is 4.33. The summed E-state index contributed by atoms with van der Waals surface area (Å²) in [5.74, 6) is -3.52. The van der Waals surface area contributed by atoms with Gasteiger partial charge >= 0.3 is 0 Å². The first kappa shape index (κ1) is 18.6. The van der Waals surface area contributed by atoms with Crippen LogP contribution < -0.4 is 10.6 Å². The van der Waals surface area contributed by atoms with Gasteiger partial charge in [-0.1, -0.05) is 6.92 Å². The predicted molar refractivity (Wildman–Crippen MR) is 98.2 cm³/mol. The largest absolute Gasteiger partial charge is 0.352 e. The van der Waals surface area contributed by atoms with Crippen molar-refractivity contribution in [1.29, 1.82) is 0 Å². The second kappa shape index (κ2) is 8.03. The molecule has 0 aliphatic carbocycles. The molecule has 5 nitrogen and oxygen atoms in total. The van der Waals surface area contributed by atoms with E-state index in [1.807, 2.05) is 13.8 Å². The van der Waals surface area contributed by atoms with Crippen LogP contribution >= 0.6 is 0 Å². The fourth-order valence-electron chi connectivity index (χ4n) is 2.33. The monoisotopic (exact) mass is 373 g/mol. The molecule has 3 aromatic rings. The highest BCUT2D eigenvalue weighted by Gasteiger charge is 2.15. The van der Waals surface area contributed by atoms with Gasteiger partial charge in [-0.05, 0) is 37.6 Å². The van der Waals surface area contributed by atoms with Crippen molar-refractivity contribution in [2.75, 3.05) is 10.6 Å². The number of benzene rings is 1. The first-order valence-electron chi connectivity index (χ1n) is 8.44. The molecule has 140 valence electrons. The summed E-state index contributed by atoms with van der Waals surface area (Å²) in [4.78, 5) is 12.7. The molecule has 1 aromatic carbocycles. The summed E-state index contributed by atoms with van der Waals surface area (Å²) in [6.45, 7) is 3.99. The Labute approximate surface area is 154 Å². The van der Waals surface area contributed by atoms with Gasteiger partial charge < -0.3 is 10.6 Å². The van der Waals surface area contributed by atoms with Crippen LogP contribution in [0, 0.1) is 17.5 Å². The first-order chi connectivity index (χ1) is 13.0. The van der Waals surface area contributed by atoms with Crippen LogP contribution in [0.4, 0.5) is 30.6 Å². The molecule has 1 atom stereocenters. The maximum atomic E-state index is 14.0. The van der Waals surface area contributed by atoms with E-state index < -0.39 is 17.5 Å². The van der Waals surface area contributed by atoms with Crippen LogP contribution in [-0.2, 0) is 0 Å². The Morgan fingerprint density at radius 1 is 1.00 bits per heavy atom. The summed E-state index contributed by atoms with van der Waals surface area (Å²) in [6, 6.07) is 7.23. The molecular weight excluding hydrogens is 355 g/mol. The van der Waals surface area contributed by atoms with E-state index in [9.17, 15) is 13.2 Å². The number of halogens is 3. The Morgan fingerprint density at radius 3 is 2.44 bits per heavy atom. The number of nitrogens with zero attached hydrogens (tertiary/aromatic N) is 3. The molecule has 0 saturated heterocycles. The second-order valence-electron chi connectivity index (χ2n) is 6.00. The molecule has 3 rings (SSSR count). The maximum Gasteiger partial charge on any atom is 0.225 e. The van der Waals surface area contributed by atoms with Crippen LogP contribution in [0.1, 0.15) is 20.3 Å². The standard InChI is InChI=1S/C19H18F3N5/c1-3-11(2)24-19-26-15(12-6-8-23-9-7-12)10-16(27-19)25-14-5-4-13(20)17(21)18(14)22/h4-11H,3H2,1-2H3,(H2,24,25,26,27)/t11-/m0/s1. The summed E-state index contributed by atoms with van der Waals surface area (Å²) in [6.07, 6.45) is 4.10. The van der Waals surface area contributed by atoms with Gasteiger partial charge in [-0.25, -0.2) is 18.2 Å². The molecule has 27 heavy (non-hydrogen) atoms. The number of nitrogens with one attached hydrogen (secondary N) is 2. The number of pyridine rings is 1. The molecule has 0 radical (unpaired) electrons. The van der Waals surface area contributed by atoms with E-state index in [1.165, 1.54) is 0 Å². The minimum Gasteiger partial charge on any atom is -0.352 e. The molecule has 0 bridgehead atoms. The Kier molecular flexibility index (Phi) is 5.54. The molecule has 2 aromatic heterocycles. The zero-order valence-corrected chi connectivity index (χ0v) is 14.8. The van der Waals surface area contributed by atoms with Gasteiger partial charge in [-0.3, -0.25) is 4.98 Å². The van der Waals surface area contributed by atoms with Gasteiger partial charge in [0.15, 0.2) is 17.5 Å². The Balaban J connectivity index is 2.01. The zero-order valence-electron chi connectivity index (χ0n) is 14.8. The van der Waals surface area contributed by atoms with E-state index in [4.69, 9.17) is 0 Å². The van der Waals surface area contributed by atoms with Crippen molar-refractivity contribution in [3.63, 3.8) is 0 Å². The Morgan fingerprint density at radius 2 is 1.74 bits per heavy atom. The smallest absolute Gasteiger partial charge is 0.225 e. The Hall–Kier alpha value is -3.16. The van der Waals surface area contributed by atoms with Crippen molar-refractivity contribution < 1.29 is 13.2 Å². The molecule has 2 N–H and O–H groups in total.